The summed E-state index contributed by atoms with van der Waals surface area (Å²) in [6.45, 7) is 0.980. The van der Waals surface area contributed by atoms with Gasteiger partial charge < -0.3 is 4.74 Å². The second kappa shape index (κ2) is 9.31. The second-order valence-electron chi connectivity index (χ2n) is 7.50. The molecular formula is C21H24FN3O5S. The molecule has 2 aliphatic heterocycles. The zero-order valence-electron chi connectivity index (χ0n) is 16.8. The highest BCUT2D eigenvalue weighted by atomic mass is 32.2. The van der Waals surface area contributed by atoms with E-state index in [9.17, 15) is 17.6 Å². The summed E-state index contributed by atoms with van der Waals surface area (Å²) >= 11 is 0. The van der Waals surface area contributed by atoms with Crippen molar-refractivity contribution >= 4 is 16.1 Å². The number of benzene rings is 2. The van der Waals surface area contributed by atoms with Crippen molar-refractivity contribution in [2.45, 2.75) is 31.6 Å². The van der Waals surface area contributed by atoms with Gasteiger partial charge in [-0.1, -0.05) is 30.3 Å². The van der Waals surface area contributed by atoms with Gasteiger partial charge in [-0.05, 0) is 42.7 Å². The number of amides is 1. The Bertz CT molecular complexity index is 1000. The molecule has 166 valence electrons. The SMILES string of the molecule is O=C1C(NS(=O)(=O)N2CCC(Oc3ccc(F)cc3)C2)CCN1OCc1ccccc1. The summed E-state index contributed by atoms with van der Waals surface area (Å²) < 4.78 is 48.0. The molecule has 1 N–H and O–H groups in total. The van der Waals surface area contributed by atoms with E-state index in [1.54, 1.807) is 0 Å². The van der Waals surface area contributed by atoms with Crippen LogP contribution in [0.5, 0.6) is 5.75 Å². The van der Waals surface area contributed by atoms with Gasteiger partial charge in [0.1, 0.15) is 30.3 Å². The fourth-order valence-electron chi connectivity index (χ4n) is 3.59. The predicted octanol–water partition coefficient (Wildman–Crippen LogP) is 1.85. The third kappa shape index (κ3) is 5.40. The van der Waals surface area contributed by atoms with Gasteiger partial charge in [-0.15, -0.1) is 0 Å². The normalized spacial score (nSPS) is 22.2. The summed E-state index contributed by atoms with van der Waals surface area (Å²) in [5.41, 5.74) is 0.920. The predicted molar refractivity (Wildman–Crippen MR) is 110 cm³/mol. The van der Waals surface area contributed by atoms with Gasteiger partial charge in [-0.25, -0.2) is 9.45 Å². The third-order valence-corrected chi connectivity index (χ3v) is 6.84. The lowest BCUT2D eigenvalue weighted by atomic mass is 10.2. The van der Waals surface area contributed by atoms with Crippen LogP contribution in [0.25, 0.3) is 0 Å². The lowest BCUT2D eigenvalue weighted by molar-refractivity contribution is -0.183. The first-order valence-corrected chi connectivity index (χ1v) is 11.5. The van der Waals surface area contributed by atoms with Crippen LogP contribution in [-0.4, -0.2) is 55.5 Å². The van der Waals surface area contributed by atoms with Crippen LogP contribution in [0.15, 0.2) is 54.6 Å². The summed E-state index contributed by atoms with van der Waals surface area (Å²) in [6.07, 6.45) is 0.492. The highest BCUT2D eigenvalue weighted by molar-refractivity contribution is 7.87. The Kier molecular flexibility index (Phi) is 6.51. The zero-order valence-corrected chi connectivity index (χ0v) is 17.6. The number of halogens is 1. The van der Waals surface area contributed by atoms with Crippen molar-refractivity contribution in [1.82, 2.24) is 14.1 Å². The van der Waals surface area contributed by atoms with Crippen LogP contribution < -0.4 is 9.46 Å². The van der Waals surface area contributed by atoms with Crippen molar-refractivity contribution in [3.8, 4) is 5.75 Å². The lowest BCUT2D eigenvalue weighted by Gasteiger charge is -2.20. The van der Waals surface area contributed by atoms with Crippen molar-refractivity contribution in [1.29, 1.82) is 0 Å². The molecule has 1 amide bonds. The molecule has 0 spiro atoms. The van der Waals surface area contributed by atoms with Crippen molar-refractivity contribution in [3.63, 3.8) is 0 Å². The summed E-state index contributed by atoms with van der Waals surface area (Å²) in [5, 5.41) is 1.21. The van der Waals surface area contributed by atoms with Crippen molar-refractivity contribution < 1.29 is 27.2 Å². The number of nitrogens with one attached hydrogen (secondary N) is 1. The average Bonchev–Trinajstić information content (AvgIpc) is 3.37. The van der Waals surface area contributed by atoms with Crippen LogP contribution >= 0.6 is 0 Å². The number of carbonyl (C=O) groups excluding carboxylic acids is 1. The summed E-state index contributed by atoms with van der Waals surface area (Å²) in [7, 11) is -3.86. The molecule has 2 saturated heterocycles. The molecule has 2 atom stereocenters. The summed E-state index contributed by atoms with van der Waals surface area (Å²) in [6, 6.07) is 14.2. The van der Waals surface area contributed by atoms with Gasteiger partial charge in [0.15, 0.2) is 0 Å². The quantitative estimate of drug-likeness (QED) is 0.665. The fourth-order valence-corrected chi connectivity index (χ4v) is 5.03. The molecular weight excluding hydrogens is 425 g/mol. The van der Waals surface area contributed by atoms with E-state index in [1.165, 1.54) is 33.6 Å². The molecule has 2 fully saturated rings. The van der Waals surface area contributed by atoms with Crippen LogP contribution in [0, 0.1) is 5.82 Å². The van der Waals surface area contributed by atoms with Gasteiger partial charge in [-0.2, -0.15) is 17.4 Å². The highest BCUT2D eigenvalue weighted by Crippen LogP contribution is 2.22. The van der Waals surface area contributed by atoms with Gasteiger partial charge >= 0.3 is 0 Å². The summed E-state index contributed by atoms with van der Waals surface area (Å²) in [4.78, 5) is 18.1. The van der Waals surface area contributed by atoms with E-state index in [-0.39, 0.29) is 31.6 Å². The average molecular weight is 450 g/mol. The molecule has 2 unspecified atom stereocenters. The molecule has 2 aromatic carbocycles. The van der Waals surface area contributed by atoms with Crippen molar-refractivity contribution in [3.05, 3.63) is 66.0 Å². The Morgan fingerprint density at radius 1 is 1.03 bits per heavy atom. The third-order valence-electron chi connectivity index (χ3n) is 5.25. The van der Waals surface area contributed by atoms with E-state index in [2.05, 4.69) is 4.72 Å². The second-order valence-corrected chi connectivity index (χ2v) is 9.21. The van der Waals surface area contributed by atoms with Crippen LogP contribution in [0.1, 0.15) is 18.4 Å². The molecule has 0 aromatic heterocycles. The Labute approximate surface area is 180 Å². The molecule has 4 rings (SSSR count). The zero-order chi connectivity index (χ0) is 21.8. The monoisotopic (exact) mass is 449 g/mol. The Morgan fingerprint density at radius 3 is 2.52 bits per heavy atom. The molecule has 10 heteroatoms. The standard InChI is InChI=1S/C21H24FN3O5S/c22-17-6-8-18(9-7-17)30-19-10-12-24(14-19)31(27,28)23-20-11-13-25(21(20)26)29-15-16-4-2-1-3-5-16/h1-9,19-20,23H,10-15H2. The number of hydrogen-bond acceptors (Lipinski definition) is 5. The molecule has 0 saturated carbocycles. The minimum absolute atomic E-state index is 0.155. The number of hydrogen-bond donors (Lipinski definition) is 1. The maximum atomic E-state index is 13.0. The minimum Gasteiger partial charge on any atom is -0.489 e. The molecule has 0 aliphatic carbocycles. The first-order valence-electron chi connectivity index (χ1n) is 10.1. The molecule has 0 bridgehead atoms. The van der Waals surface area contributed by atoms with E-state index in [1.807, 2.05) is 30.3 Å². The minimum atomic E-state index is -3.86. The van der Waals surface area contributed by atoms with E-state index in [0.29, 0.717) is 25.1 Å². The number of nitrogens with zero attached hydrogens (tertiary/aromatic N) is 2. The number of carbonyl (C=O) groups is 1. The smallest absolute Gasteiger partial charge is 0.280 e. The van der Waals surface area contributed by atoms with Gasteiger partial charge in [-0.3, -0.25) is 9.63 Å². The van der Waals surface area contributed by atoms with E-state index < -0.39 is 22.2 Å². The first-order chi connectivity index (χ1) is 14.9. The van der Waals surface area contributed by atoms with Crippen LogP contribution in [0.2, 0.25) is 0 Å². The first kappa shape index (κ1) is 21.7. The maximum absolute atomic E-state index is 13.0. The molecule has 8 nitrogen and oxygen atoms in total. The molecule has 2 heterocycles. The van der Waals surface area contributed by atoms with Gasteiger partial charge in [0.25, 0.3) is 16.1 Å². The Hall–Kier alpha value is -2.53. The lowest BCUT2D eigenvalue weighted by Crippen LogP contribution is -2.48. The Morgan fingerprint density at radius 2 is 1.77 bits per heavy atom. The maximum Gasteiger partial charge on any atom is 0.280 e. The molecule has 2 aliphatic rings. The molecule has 0 radical (unpaired) electrons. The Balaban J connectivity index is 1.28. The number of ether oxygens (including phenoxy) is 1. The molecule has 31 heavy (non-hydrogen) atoms. The van der Waals surface area contributed by atoms with Crippen molar-refractivity contribution in [2.24, 2.45) is 0 Å². The molecule has 2 aromatic rings. The van der Waals surface area contributed by atoms with Crippen molar-refractivity contribution in [2.75, 3.05) is 19.6 Å². The largest absolute Gasteiger partial charge is 0.489 e. The van der Waals surface area contributed by atoms with Gasteiger partial charge in [0.2, 0.25) is 0 Å². The van der Waals surface area contributed by atoms with Crippen LogP contribution in [0.3, 0.4) is 0 Å². The number of hydroxylamine groups is 2. The summed E-state index contributed by atoms with van der Waals surface area (Å²) in [5.74, 6) is -0.288. The fraction of sp³-hybridized carbons (Fsp3) is 0.381. The topological polar surface area (TPSA) is 88.2 Å². The van der Waals surface area contributed by atoms with E-state index in [0.717, 1.165) is 5.56 Å². The van der Waals surface area contributed by atoms with E-state index >= 15 is 0 Å². The van der Waals surface area contributed by atoms with Gasteiger partial charge in [0, 0.05) is 6.54 Å². The number of rotatable bonds is 8. The van der Waals surface area contributed by atoms with Gasteiger partial charge in [0.05, 0.1) is 13.1 Å². The van der Waals surface area contributed by atoms with E-state index in [4.69, 9.17) is 9.57 Å². The van der Waals surface area contributed by atoms with Crippen LogP contribution in [0.4, 0.5) is 4.39 Å². The highest BCUT2D eigenvalue weighted by Gasteiger charge is 2.39. The van der Waals surface area contributed by atoms with Crippen LogP contribution in [-0.2, 0) is 26.4 Å².